The summed E-state index contributed by atoms with van der Waals surface area (Å²) >= 11 is 5.84. The molecule has 0 heterocycles. The third-order valence-electron chi connectivity index (χ3n) is 2.34. The van der Waals surface area contributed by atoms with Crippen LogP contribution >= 0.6 is 11.6 Å². The second kappa shape index (κ2) is 6.12. The Morgan fingerprint density at radius 2 is 2.11 bits per heavy atom. The Balaban J connectivity index is 3.24. The summed E-state index contributed by atoms with van der Waals surface area (Å²) in [6, 6.07) is 4.50. The number of hydrogen-bond acceptors (Lipinski definition) is 4. The third-order valence-corrected chi connectivity index (χ3v) is 3.75. The van der Waals surface area contributed by atoms with Gasteiger partial charge in [0.2, 0.25) is 10.0 Å². The van der Waals surface area contributed by atoms with Crippen molar-refractivity contribution in [1.82, 2.24) is 0 Å². The van der Waals surface area contributed by atoms with Gasteiger partial charge in [-0.2, -0.15) is 0 Å². The molecular weight excluding hydrogens is 294 g/mol. The quantitative estimate of drug-likeness (QED) is 0.862. The van der Waals surface area contributed by atoms with E-state index in [0.29, 0.717) is 10.8 Å². The average Bonchev–Trinajstić information content (AvgIpc) is 2.27. The second-order valence-corrected chi connectivity index (χ2v) is 6.14. The van der Waals surface area contributed by atoms with Gasteiger partial charge in [-0.05, 0) is 18.2 Å². The number of carbonyl (C=O) groups is 1. The van der Waals surface area contributed by atoms with Gasteiger partial charge >= 0.3 is 5.97 Å². The molecule has 19 heavy (non-hydrogen) atoms. The lowest BCUT2D eigenvalue weighted by Gasteiger charge is -2.23. The molecule has 1 aromatic carbocycles. The standard InChI is InChI=1S/C11H14ClNO5S/c1-18-10-4-3-8(12)7-9(10)13(19(2,16)17)6-5-11(14)15/h3-4,7H,5-6H2,1-2H3,(H,14,15). The zero-order valence-corrected chi connectivity index (χ0v) is 12.0. The van der Waals surface area contributed by atoms with Crippen LogP contribution in [0.4, 0.5) is 5.69 Å². The minimum atomic E-state index is -3.63. The summed E-state index contributed by atoms with van der Waals surface area (Å²) in [5, 5.41) is 9.01. The number of ether oxygens (including phenoxy) is 1. The highest BCUT2D eigenvalue weighted by Gasteiger charge is 2.22. The molecule has 0 atom stereocenters. The van der Waals surface area contributed by atoms with Crippen LogP contribution in [0, 0.1) is 0 Å². The maximum Gasteiger partial charge on any atom is 0.305 e. The van der Waals surface area contributed by atoms with Crippen LogP contribution in [0.15, 0.2) is 18.2 Å². The monoisotopic (exact) mass is 307 g/mol. The van der Waals surface area contributed by atoms with Gasteiger partial charge in [0.15, 0.2) is 0 Å². The maximum absolute atomic E-state index is 11.8. The largest absolute Gasteiger partial charge is 0.495 e. The van der Waals surface area contributed by atoms with Gasteiger partial charge in [0.1, 0.15) is 5.75 Å². The van der Waals surface area contributed by atoms with Crippen LogP contribution in [0.2, 0.25) is 5.02 Å². The highest BCUT2D eigenvalue weighted by Crippen LogP contribution is 2.32. The predicted molar refractivity (Wildman–Crippen MR) is 72.4 cm³/mol. The number of carboxylic acid groups (broad SMARTS) is 1. The third kappa shape index (κ3) is 4.29. The molecule has 1 rings (SSSR count). The van der Waals surface area contributed by atoms with E-state index in [0.717, 1.165) is 10.6 Å². The minimum absolute atomic E-state index is 0.190. The van der Waals surface area contributed by atoms with Crippen molar-refractivity contribution in [1.29, 1.82) is 0 Å². The molecule has 106 valence electrons. The molecular formula is C11H14ClNO5S. The lowest BCUT2D eigenvalue weighted by atomic mass is 10.3. The molecule has 0 aromatic heterocycles. The van der Waals surface area contributed by atoms with E-state index in [1.54, 1.807) is 6.07 Å². The lowest BCUT2D eigenvalue weighted by Crippen LogP contribution is -2.32. The topological polar surface area (TPSA) is 83.9 Å². The number of anilines is 1. The Kier molecular flexibility index (Phi) is 5.02. The fraction of sp³-hybridized carbons (Fsp3) is 0.364. The Morgan fingerprint density at radius 3 is 2.58 bits per heavy atom. The Labute approximate surface area is 116 Å². The summed E-state index contributed by atoms with van der Waals surface area (Å²) in [6.45, 7) is -0.190. The normalized spacial score (nSPS) is 11.1. The van der Waals surface area contributed by atoms with Crippen LogP contribution in [0.5, 0.6) is 5.75 Å². The molecule has 0 spiro atoms. The van der Waals surface area contributed by atoms with E-state index in [9.17, 15) is 13.2 Å². The summed E-state index contributed by atoms with van der Waals surface area (Å²) in [5.74, 6) is -0.783. The van der Waals surface area contributed by atoms with Crippen LogP contribution < -0.4 is 9.04 Å². The number of nitrogens with zero attached hydrogens (tertiary/aromatic N) is 1. The maximum atomic E-state index is 11.8. The van der Waals surface area contributed by atoms with Gasteiger partial charge in [-0.1, -0.05) is 11.6 Å². The van der Waals surface area contributed by atoms with E-state index in [2.05, 4.69) is 0 Å². The van der Waals surface area contributed by atoms with Crippen molar-refractivity contribution >= 4 is 33.3 Å². The minimum Gasteiger partial charge on any atom is -0.495 e. The average molecular weight is 308 g/mol. The molecule has 6 nitrogen and oxygen atoms in total. The molecule has 1 aromatic rings. The number of sulfonamides is 1. The van der Waals surface area contributed by atoms with Gasteiger partial charge in [0.05, 0.1) is 25.5 Å². The SMILES string of the molecule is COc1ccc(Cl)cc1N(CCC(=O)O)S(C)(=O)=O. The molecule has 8 heteroatoms. The molecule has 1 N–H and O–H groups in total. The predicted octanol–water partition coefficient (Wildman–Crippen LogP) is 1.59. The number of halogens is 1. The summed E-state index contributed by atoms with van der Waals surface area (Å²) in [5.41, 5.74) is 0.221. The molecule has 0 amide bonds. The number of benzene rings is 1. The highest BCUT2D eigenvalue weighted by molar-refractivity contribution is 7.92. The van der Waals surface area contributed by atoms with E-state index >= 15 is 0 Å². The number of rotatable bonds is 6. The van der Waals surface area contributed by atoms with E-state index in [4.69, 9.17) is 21.4 Å². The number of aliphatic carboxylic acids is 1. The van der Waals surface area contributed by atoms with Crippen molar-refractivity contribution in [2.24, 2.45) is 0 Å². The zero-order valence-electron chi connectivity index (χ0n) is 10.5. The van der Waals surface area contributed by atoms with E-state index < -0.39 is 16.0 Å². The fourth-order valence-corrected chi connectivity index (χ4v) is 2.61. The van der Waals surface area contributed by atoms with Crippen LogP contribution in [0.1, 0.15) is 6.42 Å². The van der Waals surface area contributed by atoms with Crippen molar-refractivity contribution in [3.8, 4) is 5.75 Å². The van der Waals surface area contributed by atoms with Crippen molar-refractivity contribution < 1.29 is 23.1 Å². The molecule has 0 aliphatic heterocycles. The van der Waals surface area contributed by atoms with E-state index in [1.807, 2.05) is 0 Å². The number of hydrogen-bond donors (Lipinski definition) is 1. The summed E-state index contributed by atoms with van der Waals surface area (Å²) in [7, 11) is -2.24. The van der Waals surface area contributed by atoms with Crippen LogP contribution in [0.25, 0.3) is 0 Å². The first-order valence-corrected chi connectivity index (χ1v) is 7.51. The second-order valence-electron chi connectivity index (χ2n) is 3.80. The summed E-state index contributed by atoms with van der Waals surface area (Å²) in [4.78, 5) is 10.6. The van der Waals surface area contributed by atoms with E-state index in [1.165, 1.54) is 19.2 Å². The summed E-state index contributed by atoms with van der Waals surface area (Å²) in [6.07, 6.45) is 0.679. The molecule has 0 unspecified atom stereocenters. The van der Waals surface area contributed by atoms with Gasteiger partial charge in [-0.3, -0.25) is 9.10 Å². The van der Waals surface area contributed by atoms with Gasteiger partial charge < -0.3 is 9.84 Å². The molecule has 0 radical (unpaired) electrons. The fourth-order valence-electron chi connectivity index (χ4n) is 1.52. The van der Waals surface area contributed by atoms with Crippen LogP contribution in [-0.2, 0) is 14.8 Å². The van der Waals surface area contributed by atoms with Gasteiger partial charge in [0, 0.05) is 11.6 Å². The van der Waals surface area contributed by atoms with Crippen molar-refractivity contribution in [2.45, 2.75) is 6.42 Å². The number of carboxylic acids is 1. The first kappa shape index (κ1) is 15.6. The molecule has 0 saturated heterocycles. The van der Waals surface area contributed by atoms with Gasteiger partial charge in [0.25, 0.3) is 0 Å². The Morgan fingerprint density at radius 1 is 1.47 bits per heavy atom. The lowest BCUT2D eigenvalue weighted by molar-refractivity contribution is -0.136. The van der Waals surface area contributed by atoms with Crippen molar-refractivity contribution in [3.05, 3.63) is 23.2 Å². The van der Waals surface area contributed by atoms with Crippen molar-refractivity contribution in [2.75, 3.05) is 24.2 Å². The van der Waals surface area contributed by atoms with Gasteiger partial charge in [-0.15, -0.1) is 0 Å². The van der Waals surface area contributed by atoms with Crippen molar-refractivity contribution in [3.63, 3.8) is 0 Å². The van der Waals surface area contributed by atoms with Crippen LogP contribution in [-0.4, -0.2) is 39.4 Å². The molecule has 0 bridgehead atoms. The Hall–Kier alpha value is -1.47. The van der Waals surface area contributed by atoms with E-state index in [-0.39, 0.29) is 18.7 Å². The van der Waals surface area contributed by atoms with Gasteiger partial charge in [-0.25, -0.2) is 8.42 Å². The first-order chi connectivity index (χ1) is 8.75. The molecule has 0 aliphatic rings. The zero-order chi connectivity index (χ0) is 14.6. The molecule has 0 saturated carbocycles. The molecule has 0 fully saturated rings. The number of methoxy groups -OCH3 is 1. The summed E-state index contributed by atoms with van der Waals surface area (Å²) < 4.78 is 29.6. The highest BCUT2D eigenvalue weighted by atomic mass is 35.5. The van der Waals surface area contributed by atoms with Crippen LogP contribution in [0.3, 0.4) is 0 Å². The smallest absolute Gasteiger partial charge is 0.305 e. The Bertz CT molecular complexity index is 572. The molecule has 0 aliphatic carbocycles. The first-order valence-electron chi connectivity index (χ1n) is 5.28.